The molecular weight excluding hydrogens is 421 g/mol. The summed E-state index contributed by atoms with van der Waals surface area (Å²) in [6, 6.07) is 14.6. The van der Waals surface area contributed by atoms with Crippen LogP contribution in [0.5, 0.6) is 17.4 Å². The van der Waals surface area contributed by atoms with Gasteiger partial charge in [0.2, 0.25) is 5.88 Å². The van der Waals surface area contributed by atoms with Crippen LogP contribution in [0.1, 0.15) is 46.9 Å². The quantitative estimate of drug-likeness (QED) is 0.346. The van der Waals surface area contributed by atoms with Crippen LogP contribution in [0, 0.1) is 19.7 Å². The van der Waals surface area contributed by atoms with Gasteiger partial charge in [-0.25, -0.2) is 14.2 Å². The van der Waals surface area contributed by atoms with Gasteiger partial charge in [0.05, 0.1) is 11.3 Å². The Balaban J connectivity index is 1.96. The molecule has 0 saturated heterocycles. The van der Waals surface area contributed by atoms with Gasteiger partial charge in [0.15, 0.2) is 0 Å². The van der Waals surface area contributed by atoms with Crippen molar-refractivity contribution in [1.82, 2.24) is 4.98 Å². The average molecular weight is 445 g/mol. The van der Waals surface area contributed by atoms with Crippen molar-refractivity contribution in [1.29, 1.82) is 0 Å². The lowest BCUT2D eigenvalue weighted by Crippen LogP contribution is -2.03. The number of carboxylic acids is 1. The topological polar surface area (TPSA) is 79.7 Å². The lowest BCUT2D eigenvalue weighted by atomic mass is 9.91. The number of aromatic carboxylic acids is 1. The molecule has 0 aliphatic heterocycles. The minimum Gasteiger partial charge on any atom is -0.508 e. The predicted molar refractivity (Wildman–Crippen MR) is 126 cm³/mol. The third kappa shape index (κ3) is 4.24. The number of benzene rings is 3. The van der Waals surface area contributed by atoms with Crippen LogP contribution in [0.15, 0.2) is 54.6 Å². The Labute approximate surface area is 191 Å². The van der Waals surface area contributed by atoms with Gasteiger partial charge in [-0.15, -0.1) is 0 Å². The van der Waals surface area contributed by atoms with E-state index in [2.05, 4.69) is 0 Å². The summed E-state index contributed by atoms with van der Waals surface area (Å²) >= 11 is 0. The van der Waals surface area contributed by atoms with Gasteiger partial charge >= 0.3 is 5.97 Å². The summed E-state index contributed by atoms with van der Waals surface area (Å²) in [5, 5.41) is 20.8. The average Bonchev–Trinajstić information content (AvgIpc) is 2.76. The molecule has 1 aromatic heterocycles. The van der Waals surface area contributed by atoms with E-state index in [9.17, 15) is 19.4 Å². The van der Waals surface area contributed by atoms with E-state index in [0.717, 1.165) is 22.2 Å². The van der Waals surface area contributed by atoms with E-state index >= 15 is 0 Å². The lowest BCUT2D eigenvalue weighted by Gasteiger charge is -2.19. The van der Waals surface area contributed by atoms with Crippen molar-refractivity contribution in [3.8, 4) is 28.5 Å². The normalized spacial score (nSPS) is 11.2. The van der Waals surface area contributed by atoms with Gasteiger partial charge in [0.1, 0.15) is 17.3 Å². The highest BCUT2D eigenvalue weighted by atomic mass is 19.1. The van der Waals surface area contributed by atoms with Gasteiger partial charge in [-0.05, 0) is 90.4 Å². The zero-order chi connectivity index (χ0) is 23.9. The number of aromatic hydroxyl groups is 1. The molecule has 0 saturated carbocycles. The molecule has 4 rings (SSSR count). The van der Waals surface area contributed by atoms with Crippen LogP contribution in [0.2, 0.25) is 0 Å². The molecule has 0 atom stereocenters. The third-order valence-corrected chi connectivity index (χ3v) is 5.60. The molecule has 0 spiro atoms. The largest absolute Gasteiger partial charge is 0.508 e. The molecule has 0 aliphatic carbocycles. The van der Waals surface area contributed by atoms with Crippen molar-refractivity contribution in [2.45, 2.75) is 33.6 Å². The first-order chi connectivity index (χ1) is 15.7. The molecule has 0 amide bonds. The monoisotopic (exact) mass is 445 g/mol. The van der Waals surface area contributed by atoms with E-state index in [1.54, 1.807) is 50.2 Å². The maximum Gasteiger partial charge on any atom is 0.335 e. The molecule has 0 bridgehead atoms. The molecule has 0 aliphatic rings. The summed E-state index contributed by atoms with van der Waals surface area (Å²) in [5.41, 5.74) is 3.80. The number of carbonyl (C=O) groups is 1. The minimum absolute atomic E-state index is 0.0291. The lowest BCUT2D eigenvalue weighted by molar-refractivity contribution is 0.0696. The fourth-order valence-corrected chi connectivity index (χ4v) is 3.89. The van der Waals surface area contributed by atoms with Crippen LogP contribution >= 0.6 is 0 Å². The van der Waals surface area contributed by atoms with Crippen molar-refractivity contribution in [3.63, 3.8) is 0 Å². The van der Waals surface area contributed by atoms with E-state index in [1.807, 2.05) is 13.8 Å². The van der Waals surface area contributed by atoms with Gasteiger partial charge in [-0.1, -0.05) is 19.9 Å². The fraction of sp³-hybridized carbons (Fsp3) is 0.185. The Morgan fingerprint density at radius 3 is 2.36 bits per heavy atom. The maximum atomic E-state index is 14.0. The van der Waals surface area contributed by atoms with E-state index < -0.39 is 5.97 Å². The Morgan fingerprint density at radius 1 is 0.970 bits per heavy atom. The Kier molecular flexibility index (Phi) is 5.77. The number of halogens is 1. The zero-order valence-corrected chi connectivity index (χ0v) is 18.8. The number of hydrogen-bond acceptors (Lipinski definition) is 4. The number of fused-ring (bicyclic) bond motifs is 1. The van der Waals surface area contributed by atoms with Gasteiger partial charge in [-0.3, -0.25) is 0 Å². The molecule has 1 heterocycles. The van der Waals surface area contributed by atoms with Gasteiger partial charge in [0, 0.05) is 10.9 Å². The second-order valence-corrected chi connectivity index (χ2v) is 8.41. The zero-order valence-electron chi connectivity index (χ0n) is 18.8. The van der Waals surface area contributed by atoms with E-state index in [0.29, 0.717) is 28.1 Å². The van der Waals surface area contributed by atoms with Gasteiger partial charge in [-0.2, -0.15) is 0 Å². The highest BCUT2D eigenvalue weighted by Crippen LogP contribution is 2.41. The highest BCUT2D eigenvalue weighted by Gasteiger charge is 2.20. The van der Waals surface area contributed by atoms with Crippen LogP contribution in [-0.2, 0) is 0 Å². The fourth-order valence-electron chi connectivity index (χ4n) is 3.89. The highest BCUT2D eigenvalue weighted by molar-refractivity contribution is 6.01. The van der Waals surface area contributed by atoms with Gasteiger partial charge in [0.25, 0.3) is 0 Å². The van der Waals surface area contributed by atoms with E-state index in [1.165, 1.54) is 18.2 Å². The first-order valence-corrected chi connectivity index (χ1v) is 10.6. The smallest absolute Gasteiger partial charge is 0.335 e. The molecule has 33 heavy (non-hydrogen) atoms. The minimum atomic E-state index is -1.01. The second-order valence-electron chi connectivity index (χ2n) is 8.41. The number of nitrogens with zero attached hydrogens (tertiary/aromatic N) is 1. The SMILES string of the molecule is Cc1cc(-c2c(C(C)C)nc(Oc3ccc(C(=O)O)cc3C)c3cc(O)ccc23)ccc1F. The summed E-state index contributed by atoms with van der Waals surface area (Å²) < 4.78 is 20.1. The predicted octanol–water partition coefficient (Wildman–Crippen LogP) is 6.98. The van der Waals surface area contributed by atoms with Crippen molar-refractivity contribution in [3.05, 3.63) is 82.8 Å². The van der Waals surface area contributed by atoms with Crippen molar-refractivity contribution in [2.75, 3.05) is 0 Å². The molecular formula is C27H24FNO4. The Bertz CT molecular complexity index is 1400. The van der Waals surface area contributed by atoms with Gasteiger partial charge < -0.3 is 14.9 Å². The summed E-state index contributed by atoms with van der Waals surface area (Å²) in [6.45, 7) is 7.52. The van der Waals surface area contributed by atoms with Crippen LogP contribution in [-0.4, -0.2) is 21.2 Å². The molecule has 0 unspecified atom stereocenters. The number of carboxylic acid groups (broad SMARTS) is 1. The van der Waals surface area contributed by atoms with Crippen molar-refractivity contribution >= 4 is 16.7 Å². The number of phenols is 1. The standard InChI is InChI=1S/C27H24FNO4/c1-14(2)25-24(17-5-9-22(28)15(3)11-17)20-8-7-19(30)13-21(20)26(29-25)33-23-10-6-18(27(31)32)12-16(23)4/h5-14,30H,1-4H3,(H,31,32). The molecule has 2 N–H and O–H groups in total. The molecule has 3 aromatic carbocycles. The number of phenolic OH excluding ortho intramolecular Hbond substituents is 1. The molecule has 6 heteroatoms. The van der Waals surface area contributed by atoms with E-state index in [-0.39, 0.29) is 23.0 Å². The van der Waals surface area contributed by atoms with Crippen molar-refractivity contribution in [2.24, 2.45) is 0 Å². The number of ether oxygens (including phenoxy) is 1. The second kappa shape index (κ2) is 8.54. The first kappa shape index (κ1) is 22.3. The van der Waals surface area contributed by atoms with Crippen LogP contribution in [0.3, 0.4) is 0 Å². The molecule has 4 aromatic rings. The molecule has 0 radical (unpaired) electrons. The van der Waals surface area contributed by atoms with Crippen LogP contribution in [0.4, 0.5) is 4.39 Å². The van der Waals surface area contributed by atoms with Crippen molar-refractivity contribution < 1.29 is 24.1 Å². The van der Waals surface area contributed by atoms with Crippen LogP contribution < -0.4 is 4.74 Å². The Hall–Kier alpha value is -3.93. The number of pyridine rings is 1. The third-order valence-electron chi connectivity index (χ3n) is 5.60. The summed E-state index contributed by atoms with van der Waals surface area (Å²) in [7, 11) is 0. The summed E-state index contributed by atoms with van der Waals surface area (Å²) in [6.07, 6.45) is 0. The number of aryl methyl sites for hydroxylation is 2. The summed E-state index contributed by atoms with van der Waals surface area (Å²) in [4.78, 5) is 16.1. The molecule has 168 valence electrons. The van der Waals surface area contributed by atoms with Crippen LogP contribution in [0.25, 0.3) is 21.9 Å². The Morgan fingerprint density at radius 2 is 1.73 bits per heavy atom. The first-order valence-electron chi connectivity index (χ1n) is 10.6. The maximum absolute atomic E-state index is 14.0. The summed E-state index contributed by atoms with van der Waals surface area (Å²) in [5.74, 6) is -0.429. The number of rotatable bonds is 5. The molecule has 0 fully saturated rings. The number of hydrogen-bond donors (Lipinski definition) is 2. The van der Waals surface area contributed by atoms with E-state index in [4.69, 9.17) is 9.72 Å². The molecule has 5 nitrogen and oxygen atoms in total. The number of aromatic nitrogens is 1.